The molecule has 0 aliphatic rings. The van der Waals surface area contributed by atoms with Crippen LogP contribution in [0.5, 0.6) is 0 Å². The van der Waals surface area contributed by atoms with E-state index in [4.69, 9.17) is 17.3 Å². The molecular weight excluding hydrogens is 337 g/mol. The summed E-state index contributed by atoms with van der Waals surface area (Å²) in [6, 6.07) is 5.11. The van der Waals surface area contributed by atoms with E-state index in [2.05, 4.69) is 16.4 Å². The van der Waals surface area contributed by atoms with Gasteiger partial charge in [0.2, 0.25) is 0 Å². The number of aryl methyl sites for hydroxylation is 1. The van der Waals surface area contributed by atoms with Crippen molar-refractivity contribution >= 4 is 30.0 Å². The molecule has 0 radical (unpaired) electrons. The second-order valence-electron chi connectivity index (χ2n) is 5.01. The van der Waals surface area contributed by atoms with Crippen LogP contribution >= 0.6 is 24.0 Å². The van der Waals surface area contributed by atoms with E-state index in [1.54, 1.807) is 16.9 Å². The number of halogens is 2. The summed E-state index contributed by atoms with van der Waals surface area (Å²) in [5, 5.41) is 4.75. The van der Waals surface area contributed by atoms with Crippen LogP contribution in [0.1, 0.15) is 18.0 Å². The molecule has 2 rings (SSSR count). The highest BCUT2D eigenvalue weighted by atomic mass is 35.5. The lowest BCUT2D eigenvalue weighted by atomic mass is 9.93. The molecule has 2 aromatic rings. The van der Waals surface area contributed by atoms with Crippen molar-refractivity contribution in [3.63, 3.8) is 0 Å². The zero-order valence-corrected chi connectivity index (χ0v) is 14.5. The summed E-state index contributed by atoms with van der Waals surface area (Å²) >= 11 is 6.34. The number of rotatable bonds is 5. The van der Waals surface area contributed by atoms with Crippen LogP contribution < -0.4 is 5.73 Å². The van der Waals surface area contributed by atoms with Gasteiger partial charge in [0.1, 0.15) is 0 Å². The maximum Gasteiger partial charge on any atom is 0.333 e. The number of nitrogens with two attached hydrogens (primary N) is 1. The Morgan fingerprint density at radius 1 is 1.52 bits per heavy atom. The number of ether oxygens (including phenoxy) is 1. The highest BCUT2D eigenvalue weighted by Crippen LogP contribution is 2.35. The number of esters is 1. The molecular formula is C16H19Cl2N3O2. The first kappa shape index (κ1) is 19.2. The number of carbonyl (C=O) groups is 1. The number of aromatic nitrogens is 2. The van der Waals surface area contributed by atoms with Crippen LogP contribution in [0.4, 0.5) is 0 Å². The Morgan fingerprint density at radius 2 is 2.22 bits per heavy atom. The zero-order chi connectivity index (χ0) is 16.3. The Labute approximate surface area is 146 Å². The van der Waals surface area contributed by atoms with Gasteiger partial charge in [-0.1, -0.05) is 30.3 Å². The van der Waals surface area contributed by atoms with E-state index in [0.717, 1.165) is 16.7 Å². The average molecular weight is 356 g/mol. The average Bonchev–Trinajstić information content (AvgIpc) is 2.91. The highest BCUT2D eigenvalue weighted by molar-refractivity contribution is 6.33. The van der Waals surface area contributed by atoms with Crippen molar-refractivity contribution in [1.29, 1.82) is 0 Å². The van der Waals surface area contributed by atoms with Crippen molar-refractivity contribution < 1.29 is 9.53 Å². The number of benzene rings is 1. The summed E-state index contributed by atoms with van der Waals surface area (Å²) in [5.41, 5.74) is 9.11. The van der Waals surface area contributed by atoms with Gasteiger partial charge in [-0.3, -0.25) is 4.68 Å². The molecule has 0 amide bonds. The first-order valence-electron chi connectivity index (χ1n) is 6.73. The molecule has 5 nitrogen and oxygen atoms in total. The minimum Gasteiger partial charge on any atom is -0.466 e. The monoisotopic (exact) mass is 355 g/mol. The molecule has 0 spiro atoms. The van der Waals surface area contributed by atoms with E-state index in [1.165, 1.54) is 7.11 Å². The fourth-order valence-corrected chi connectivity index (χ4v) is 2.60. The van der Waals surface area contributed by atoms with E-state index in [9.17, 15) is 4.79 Å². The Balaban J connectivity index is 0.00000264. The highest BCUT2D eigenvalue weighted by Gasteiger charge is 2.19. The molecule has 1 unspecified atom stereocenters. The number of hydrogen-bond donors (Lipinski definition) is 1. The van der Waals surface area contributed by atoms with Gasteiger partial charge in [0.15, 0.2) is 0 Å². The second kappa shape index (κ2) is 8.15. The maximum absolute atomic E-state index is 11.5. The molecule has 1 aromatic carbocycles. The maximum atomic E-state index is 11.5. The van der Waals surface area contributed by atoms with Crippen LogP contribution in [0.15, 0.2) is 42.7 Å². The van der Waals surface area contributed by atoms with Crippen LogP contribution in [0.25, 0.3) is 11.1 Å². The van der Waals surface area contributed by atoms with E-state index in [-0.39, 0.29) is 12.4 Å². The second-order valence-corrected chi connectivity index (χ2v) is 5.42. The summed E-state index contributed by atoms with van der Waals surface area (Å²) in [4.78, 5) is 11.5. The molecule has 1 aromatic heterocycles. The molecule has 0 aliphatic carbocycles. The van der Waals surface area contributed by atoms with Crippen LogP contribution in [0.3, 0.4) is 0 Å². The lowest BCUT2D eigenvalue weighted by molar-refractivity contribution is -0.136. The topological polar surface area (TPSA) is 70.1 Å². The molecule has 0 fully saturated rings. The Hall–Kier alpha value is -1.82. The predicted molar refractivity (Wildman–Crippen MR) is 93.6 cm³/mol. The van der Waals surface area contributed by atoms with Crippen molar-refractivity contribution in [2.24, 2.45) is 12.8 Å². The number of hydrogen-bond acceptors (Lipinski definition) is 4. The SMILES string of the molecule is C=C(CC(N)c1cccc(Cl)c1-c1cnn(C)c1)C(=O)OC.Cl. The lowest BCUT2D eigenvalue weighted by Crippen LogP contribution is -2.16. The molecule has 0 saturated heterocycles. The van der Waals surface area contributed by atoms with Gasteiger partial charge in [0, 0.05) is 41.0 Å². The Bertz CT molecular complexity index is 713. The van der Waals surface area contributed by atoms with E-state index < -0.39 is 12.0 Å². The van der Waals surface area contributed by atoms with Gasteiger partial charge in [-0.25, -0.2) is 4.79 Å². The summed E-state index contributed by atoms with van der Waals surface area (Å²) in [7, 11) is 3.15. The van der Waals surface area contributed by atoms with Crippen molar-refractivity contribution in [3.05, 3.63) is 53.3 Å². The van der Waals surface area contributed by atoms with Crippen molar-refractivity contribution in [2.45, 2.75) is 12.5 Å². The Morgan fingerprint density at radius 3 is 2.78 bits per heavy atom. The van der Waals surface area contributed by atoms with Gasteiger partial charge in [-0.15, -0.1) is 12.4 Å². The fourth-order valence-electron chi connectivity index (χ4n) is 2.31. The van der Waals surface area contributed by atoms with Gasteiger partial charge < -0.3 is 10.5 Å². The van der Waals surface area contributed by atoms with Gasteiger partial charge in [-0.05, 0) is 18.1 Å². The standard InChI is InChI=1S/C16H18ClN3O2.ClH/c1-10(16(21)22-3)7-14(18)12-5-4-6-13(17)15(12)11-8-19-20(2)9-11;/h4-6,8-9,14H,1,7,18H2,2-3H3;1H. The minimum absolute atomic E-state index is 0. The molecule has 23 heavy (non-hydrogen) atoms. The summed E-state index contributed by atoms with van der Waals surface area (Å²) < 4.78 is 6.35. The van der Waals surface area contributed by atoms with Crippen LogP contribution in [-0.4, -0.2) is 22.9 Å². The van der Waals surface area contributed by atoms with Crippen molar-refractivity contribution in [3.8, 4) is 11.1 Å². The largest absolute Gasteiger partial charge is 0.466 e. The predicted octanol–water partition coefficient (Wildman–Crippen LogP) is 3.28. The number of carbonyl (C=O) groups excluding carboxylic acids is 1. The molecule has 2 N–H and O–H groups in total. The zero-order valence-electron chi connectivity index (χ0n) is 13.0. The molecule has 0 bridgehead atoms. The van der Waals surface area contributed by atoms with Crippen LogP contribution in [0, 0.1) is 0 Å². The summed E-state index contributed by atoms with van der Waals surface area (Å²) in [6.45, 7) is 3.72. The van der Waals surface area contributed by atoms with Gasteiger partial charge in [0.05, 0.1) is 13.3 Å². The van der Waals surface area contributed by atoms with Crippen LogP contribution in [-0.2, 0) is 16.6 Å². The normalized spacial score (nSPS) is 11.5. The fraction of sp³-hybridized carbons (Fsp3) is 0.250. The summed E-state index contributed by atoms with van der Waals surface area (Å²) in [6.07, 6.45) is 3.89. The number of nitrogens with zero attached hydrogens (tertiary/aromatic N) is 2. The molecule has 7 heteroatoms. The minimum atomic E-state index is -0.458. The first-order valence-corrected chi connectivity index (χ1v) is 7.11. The van der Waals surface area contributed by atoms with Gasteiger partial charge in [-0.2, -0.15) is 5.10 Å². The van der Waals surface area contributed by atoms with Crippen molar-refractivity contribution in [1.82, 2.24) is 9.78 Å². The first-order chi connectivity index (χ1) is 10.4. The third kappa shape index (κ3) is 4.34. The van der Waals surface area contributed by atoms with Gasteiger partial charge in [0.25, 0.3) is 0 Å². The van der Waals surface area contributed by atoms with Crippen molar-refractivity contribution in [2.75, 3.05) is 7.11 Å². The Kier molecular flexibility index (Phi) is 6.81. The smallest absolute Gasteiger partial charge is 0.333 e. The third-order valence-electron chi connectivity index (χ3n) is 3.38. The van der Waals surface area contributed by atoms with E-state index >= 15 is 0 Å². The van der Waals surface area contributed by atoms with Crippen LogP contribution in [0.2, 0.25) is 5.02 Å². The number of methoxy groups -OCH3 is 1. The van der Waals surface area contributed by atoms with Gasteiger partial charge >= 0.3 is 5.97 Å². The van der Waals surface area contributed by atoms with E-state index in [1.807, 2.05) is 25.4 Å². The van der Waals surface area contributed by atoms with E-state index in [0.29, 0.717) is 17.0 Å². The molecule has 0 aliphatic heterocycles. The molecule has 1 atom stereocenters. The quantitative estimate of drug-likeness (QED) is 0.659. The molecule has 1 heterocycles. The third-order valence-corrected chi connectivity index (χ3v) is 3.69. The summed E-state index contributed by atoms with van der Waals surface area (Å²) in [5.74, 6) is -0.458. The molecule has 124 valence electrons. The molecule has 0 saturated carbocycles. The lowest BCUT2D eigenvalue weighted by Gasteiger charge is -2.17.